The van der Waals surface area contributed by atoms with Gasteiger partial charge in [-0.1, -0.05) is 23.7 Å². The second kappa shape index (κ2) is 7.73. The van der Waals surface area contributed by atoms with E-state index >= 15 is 0 Å². The van der Waals surface area contributed by atoms with Crippen LogP contribution in [0.4, 0.5) is 11.4 Å². The number of nitrogen functional groups attached to an aromatic ring is 1. The number of benzene rings is 2. The van der Waals surface area contributed by atoms with E-state index in [0.717, 1.165) is 26.5 Å². The number of hydrogen-bond acceptors (Lipinski definition) is 3. The Morgan fingerprint density at radius 2 is 1.95 bits per heavy atom. The van der Waals surface area contributed by atoms with Crippen LogP contribution in [-0.4, -0.2) is 11.7 Å². The average molecular weight is 386 g/mol. The molecule has 2 rings (SSSR count). The van der Waals surface area contributed by atoms with Crippen LogP contribution in [0.2, 0.25) is 5.02 Å². The van der Waals surface area contributed by atoms with Gasteiger partial charge in [0, 0.05) is 20.9 Å². The number of nitrogens with one attached hydrogen (secondary N) is 1. The molecule has 3 nitrogen and oxygen atoms in total. The molecule has 0 aromatic heterocycles. The van der Waals surface area contributed by atoms with Crippen LogP contribution >= 0.6 is 39.3 Å². The van der Waals surface area contributed by atoms with Crippen LogP contribution in [-0.2, 0) is 10.5 Å². The predicted molar refractivity (Wildman–Crippen MR) is 94.8 cm³/mol. The number of halogens is 2. The third-order valence-corrected chi connectivity index (χ3v) is 4.59. The van der Waals surface area contributed by atoms with Crippen LogP contribution in [0.3, 0.4) is 0 Å². The molecule has 0 heterocycles. The van der Waals surface area contributed by atoms with Gasteiger partial charge in [0.05, 0.1) is 11.4 Å². The highest BCUT2D eigenvalue weighted by Crippen LogP contribution is 2.25. The molecule has 0 bridgehead atoms. The second-order valence-electron chi connectivity index (χ2n) is 4.41. The summed E-state index contributed by atoms with van der Waals surface area (Å²) in [5.41, 5.74) is 8.18. The van der Waals surface area contributed by atoms with E-state index in [-0.39, 0.29) is 5.91 Å². The minimum Gasteiger partial charge on any atom is -0.399 e. The van der Waals surface area contributed by atoms with E-state index in [4.69, 9.17) is 17.3 Å². The number of carbonyl (C=O) groups excluding carboxylic acids is 1. The standard InChI is InChI=1S/C15H14BrClN2OS/c16-13-7-12(18)5-6-14(13)19-15(20)9-21-8-10-1-3-11(17)4-2-10/h1-7H,8-9,18H2,(H,19,20). The van der Waals surface area contributed by atoms with Crippen molar-refractivity contribution in [3.8, 4) is 0 Å². The molecule has 0 fully saturated rings. The molecular formula is C15H14BrClN2OS. The molecule has 0 atom stereocenters. The Hall–Kier alpha value is -1.17. The van der Waals surface area contributed by atoms with Crippen molar-refractivity contribution in [2.75, 3.05) is 16.8 Å². The summed E-state index contributed by atoms with van der Waals surface area (Å²) in [4.78, 5) is 11.9. The van der Waals surface area contributed by atoms with Gasteiger partial charge in [-0.15, -0.1) is 11.8 Å². The molecule has 1 amide bonds. The number of hydrogen-bond donors (Lipinski definition) is 2. The van der Waals surface area contributed by atoms with E-state index in [0.29, 0.717) is 11.4 Å². The number of thioether (sulfide) groups is 1. The first kappa shape index (κ1) is 16.2. The summed E-state index contributed by atoms with van der Waals surface area (Å²) in [6.07, 6.45) is 0. The van der Waals surface area contributed by atoms with Crippen molar-refractivity contribution in [3.05, 3.63) is 57.5 Å². The maximum atomic E-state index is 11.9. The third kappa shape index (κ3) is 5.26. The summed E-state index contributed by atoms with van der Waals surface area (Å²) < 4.78 is 0.776. The highest BCUT2D eigenvalue weighted by atomic mass is 79.9. The Balaban J connectivity index is 1.81. The van der Waals surface area contributed by atoms with Crippen LogP contribution in [0.5, 0.6) is 0 Å². The van der Waals surface area contributed by atoms with Gasteiger partial charge in [0.15, 0.2) is 0 Å². The monoisotopic (exact) mass is 384 g/mol. The zero-order chi connectivity index (χ0) is 15.2. The number of rotatable bonds is 5. The van der Waals surface area contributed by atoms with Crippen molar-refractivity contribution >= 4 is 56.6 Å². The smallest absolute Gasteiger partial charge is 0.234 e. The zero-order valence-electron chi connectivity index (χ0n) is 11.1. The van der Waals surface area contributed by atoms with Crippen LogP contribution in [0.15, 0.2) is 46.9 Å². The van der Waals surface area contributed by atoms with E-state index in [1.165, 1.54) is 0 Å². The molecule has 2 aromatic rings. The lowest BCUT2D eigenvalue weighted by atomic mass is 10.2. The molecule has 0 radical (unpaired) electrons. The lowest BCUT2D eigenvalue weighted by Gasteiger charge is -2.08. The van der Waals surface area contributed by atoms with E-state index in [2.05, 4.69) is 21.2 Å². The summed E-state index contributed by atoms with van der Waals surface area (Å²) in [7, 11) is 0. The molecule has 110 valence electrons. The highest BCUT2D eigenvalue weighted by molar-refractivity contribution is 9.10. The molecular weight excluding hydrogens is 372 g/mol. The van der Waals surface area contributed by atoms with Gasteiger partial charge in [-0.05, 0) is 51.8 Å². The van der Waals surface area contributed by atoms with Crippen molar-refractivity contribution in [1.82, 2.24) is 0 Å². The molecule has 0 spiro atoms. The van der Waals surface area contributed by atoms with Gasteiger partial charge in [0.2, 0.25) is 5.91 Å². The quantitative estimate of drug-likeness (QED) is 0.742. The molecule has 0 aliphatic rings. The highest BCUT2D eigenvalue weighted by Gasteiger charge is 2.06. The van der Waals surface area contributed by atoms with Gasteiger partial charge in [0.1, 0.15) is 0 Å². The molecule has 0 aliphatic heterocycles. The topological polar surface area (TPSA) is 55.1 Å². The van der Waals surface area contributed by atoms with Gasteiger partial charge in [-0.25, -0.2) is 0 Å². The predicted octanol–water partition coefficient (Wildman–Crippen LogP) is 4.56. The molecule has 21 heavy (non-hydrogen) atoms. The van der Waals surface area contributed by atoms with E-state index in [1.54, 1.807) is 30.0 Å². The SMILES string of the molecule is Nc1ccc(NC(=O)CSCc2ccc(Cl)cc2)c(Br)c1. The van der Waals surface area contributed by atoms with Crippen molar-refractivity contribution < 1.29 is 4.79 Å². The van der Waals surface area contributed by atoms with Crippen molar-refractivity contribution in [2.24, 2.45) is 0 Å². The molecule has 6 heteroatoms. The Morgan fingerprint density at radius 1 is 1.24 bits per heavy atom. The maximum Gasteiger partial charge on any atom is 0.234 e. The molecule has 0 saturated carbocycles. The number of carbonyl (C=O) groups is 1. The zero-order valence-corrected chi connectivity index (χ0v) is 14.3. The first-order valence-corrected chi connectivity index (χ1v) is 8.54. The van der Waals surface area contributed by atoms with E-state index in [1.807, 2.05) is 24.3 Å². The first-order chi connectivity index (χ1) is 10.0. The Labute approximate surface area is 141 Å². The van der Waals surface area contributed by atoms with Gasteiger partial charge in [-0.3, -0.25) is 4.79 Å². The number of anilines is 2. The maximum absolute atomic E-state index is 11.9. The van der Waals surface area contributed by atoms with Crippen molar-refractivity contribution in [3.63, 3.8) is 0 Å². The molecule has 2 aromatic carbocycles. The fourth-order valence-electron chi connectivity index (χ4n) is 1.66. The average Bonchev–Trinajstić information content (AvgIpc) is 2.44. The van der Waals surface area contributed by atoms with Crippen LogP contribution in [0.1, 0.15) is 5.56 Å². The van der Waals surface area contributed by atoms with E-state index in [9.17, 15) is 4.79 Å². The van der Waals surface area contributed by atoms with E-state index < -0.39 is 0 Å². The van der Waals surface area contributed by atoms with Crippen molar-refractivity contribution in [2.45, 2.75) is 5.75 Å². The molecule has 0 saturated heterocycles. The lowest BCUT2D eigenvalue weighted by molar-refractivity contribution is -0.113. The Kier molecular flexibility index (Phi) is 5.96. The summed E-state index contributed by atoms with van der Waals surface area (Å²) in [5.74, 6) is 1.12. The molecule has 0 unspecified atom stereocenters. The fourth-order valence-corrected chi connectivity index (χ4v) is 3.07. The second-order valence-corrected chi connectivity index (χ2v) is 6.68. The molecule has 0 aliphatic carbocycles. The first-order valence-electron chi connectivity index (χ1n) is 6.21. The largest absolute Gasteiger partial charge is 0.399 e. The van der Waals surface area contributed by atoms with Crippen LogP contribution < -0.4 is 11.1 Å². The summed E-state index contributed by atoms with van der Waals surface area (Å²) >= 11 is 10.8. The van der Waals surface area contributed by atoms with Gasteiger partial charge < -0.3 is 11.1 Å². The Bertz CT molecular complexity index is 634. The van der Waals surface area contributed by atoms with Crippen molar-refractivity contribution in [1.29, 1.82) is 0 Å². The van der Waals surface area contributed by atoms with Gasteiger partial charge in [0.25, 0.3) is 0 Å². The molecule has 3 N–H and O–H groups in total. The van der Waals surface area contributed by atoms with Gasteiger partial charge in [-0.2, -0.15) is 0 Å². The fraction of sp³-hybridized carbons (Fsp3) is 0.133. The van der Waals surface area contributed by atoms with Crippen LogP contribution in [0, 0.1) is 0 Å². The van der Waals surface area contributed by atoms with Crippen LogP contribution in [0.25, 0.3) is 0 Å². The number of amides is 1. The van der Waals surface area contributed by atoms with Gasteiger partial charge >= 0.3 is 0 Å². The minimum absolute atomic E-state index is 0.0422. The number of nitrogens with two attached hydrogens (primary N) is 1. The summed E-state index contributed by atoms with van der Waals surface area (Å²) in [6.45, 7) is 0. The Morgan fingerprint density at radius 3 is 2.62 bits per heavy atom. The lowest BCUT2D eigenvalue weighted by Crippen LogP contribution is -2.14. The third-order valence-electron chi connectivity index (χ3n) is 2.68. The minimum atomic E-state index is -0.0422. The normalized spacial score (nSPS) is 10.4. The summed E-state index contributed by atoms with van der Waals surface area (Å²) in [6, 6.07) is 12.9. The summed E-state index contributed by atoms with van der Waals surface area (Å²) in [5, 5.41) is 3.57.